The second-order valence-corrected chi connectivity index (χ2v) is 4.90. The highest BCUT2D eigenvalue weighted by Gasteiger charge is 2.30. The molecule has 2 atom stereocenters. The van der Waals surface area contributed by atoms with Crippen LogP contribution in [-0.2, 0) is 4.79 Å². The van der Waals surface area contributed by atoms with Crippen molar-refractivity contribution in [2.45, 2.75) is 25.3 Å². The van der Waals surface area contributed by atoms with Gasteiger partial charge in [-0.2, -0.15) is 0 Å². The summed E-state index contributed by atoms with van der Waals surface area (Å²) in [6.45, 7) is 0. The van der Waals surface area contributed by atoms with Gasteiger partial charge in [0, 0.05) is 12.1 Å². The fourth-order valence-corrected chi connectivity index (χ4v) is 2.39. The van der Waals surface area contributed by atoms with Crippen molar-refractivity contribution >= 4 is 23.4 Å². The lowest BCUT2D eigenvalue weighted by atomic mass is 10.1. The van der Waals surface area contributed by atoms with Crippen LogP contribution in [0.15, 0.2) is 12.3 Å². The third kappa shape index (κ3) is 3.25. The maximum Gasteiger partial charge on any atom is 0.306 e. The summed E-state index contributed by atoms with van der Waals surface area (Å²) in [4.78, 5) is 36.1. The van der Waals surface area contributed by atoms with E-state index in [1.165, 1.54) is 0 Å². The van der Waals surface area contributed by atoms with Crippen LogP contribution in [0.1, 0.15) is 29.6 Å². The molecule has 0 bridgehead atoms. The number of carbonyl (C=O) groups excluding carboxylic acids is 1. The lowest BCUT2D eigenvalue weighted by molar-refractivity contribution is -0.385. The summed E-state index contributed by atoms with van der Waals surface area (Å²) in [5, 5.41) is 22.6. The molecule has 9 nitrogen and oxygen atoms in total. The Morgan fingerprint density at radius 2 is 2.19 bits per heavy atom. The summed E-state index contributed by atoms with van der Waals surface area (Å²) in [5.74, 6) is -1.98. The largest absolute Gasteiger partial charge is 0.481 e. The Labute approximate surface area is 119 Å². The van der Waals surface area contributed by atoms with Crippen LogP contribution in [-0.4, -0.2) is 32.9 Å². The van der Waals surface area contributed by atoms with E-state index in [1.807, 2.05) is 0 Å². The van der Waals surface area contributed by atoms with Crippen LogP contribution in [0.25, 0.3) is 0 Å². The van der Waals surface area contributed by atoms with Gasteiger partial charge in [0.05, 0.1) is 16.4 Å². The van der Waals surface area contributed by atoms with E-state index >= 15 is 0 Å². The van der Waals surface area contributed by atoms with E-state index in [9.17, 15) is 19.7 Å². The van der Waals surface area contributed by atoms with Crippen molar-refractivity contribution in [2.75, 3.05) is 5.32 Å². The van der Waals surface area contributed by atoms with Crippen molar-refractivity contribution in [3.63, 3.8) is 0 Å². The van der Waals surface area contributed by atoms with E-state index in [0.29, 0.717) is 19.3 Å². The molecule has 0 aliphatic heterocycles. The number of nitro groups is 1. The van der Waals surface area contributed by atoms with E-state index in [-0.39, 0.29) is 23.1 Å². The lowest BCUT2D eigenvalue weighted by Crippen LogP contribution is -2.22. The fourth-order valence-electron chi connectivity index (χ4n) is 2.39. The number of nitrogens with two attached hydrogens (primary N) is 1. The molecule has 1 aliphatic rings. The fraction of sp³-hybridized carbons (Fsp3) is 0.417. The van der Waals surface area contributed by atoms with Crippen molar-refractivity contribution in [3.05, 3.63) is 27.9 Å². The van der Waals surface area contributed by atoms with Crippen molar-refractivity contribution in [1.82, 2.24) is 4.98 Å². The zero-order valence-corrected chi connectivity index (χ0v) is 11.0. The number of aliphatic carboxylic acids is 1. The predicted octanol–water partition coefficient (Wildman–Crippen LogP) is 0.754. The Morgan fingerprint density at radius 1 is 1.48 bits per heavy atom. The molecule has 112 valence electrons. The highest BCUT2D eigenvalue weighted by Crippen LogP contribution is 2.29. The molecule has 21 heavy (non-hydrogen) atoms. The topological polar surface area (TPSA) is 148 Å². The Hall–Kier alpha value is -2.71. The van der Waals surface area contributed by atoms with Crippen molar-refractivity contribution in [1.29, 1.82) is 0 Å². The van der Waals surface area contributed by atoms with E-state index < -0.39 is 22.7 Å². The number of hydrogen-bond donors (Lipinski definition) is 3. The third-order valence-corrected chi connectivity index (χ3v) is 3.47. The smallest absolute Gasteiger partial charge is 0.306 e. The molecule has 2 rings (SSSR count). The van der Waals surface area contributed by atoms with Gasteiger partial charge in [0.1, 0.15) is 12.0 Å². The van der Waals surface area contributed by atoms with Gasteiger partial charge < -0.3 is 16.2 Å². The van der Waals surface area contributed by atoms with Crippen LogP contribution in [0.2, 0.25) is 0 Å². The molecule has 1 aliphatic carbocycles. The Morgan fingerprint density at radius 3 is 2.71 bits per heavy atom. The second-order valence-electron chi connectivity index (χ2n) is 4.90. The number of rotatable bonds is 5. The summed E-state index contributed by atoms with van der Waals surface area (Å²) in [5.41, 5.74) is 4.79. The zero-order valence-electron chi connectivity index (χ0n) is 11.0. The summed E-state index contributed by atoms with van der Waals surface area (Å²) >= 11 is 0. The van der Waals surface area contributed by atoms with Gasteiger partial charge >= 0.3 is 5.97 Å². The first-order chi connectivity index (χ1) is 9.88. The van der Waals surface area contributed by atoms with Crippen molar-refractivity contribution in [2.24, 2.45) is 11.7 Å². The van der Waals surface area contributed by atoms with Gasteiger partial charge in [-0.15, -0.1) is 0 Å². The highest BCUT2D eigenvalue weighted by molar-refractivity contribution is 5.98. The number of pyridine rings is 1. The third-order valence-electron chi connectivity index (χ3n) is 3.47. The summed E-state index contributed by atoms with van der Waals surface area (Å²) in [6, 6.07) is 0.902. The molecule has 1 aromatic rings. The monoisotopic (exact) mass is 294 g/mol. The predicted molar refractivity (Wildman–Crippen MR) is 71.8 cm³/mol. The van der Waals surface area contributed by atoms with Gasteiger partial charge in [-0.3, -0.25) is 19.7 Å². The molecule has 0 unspecified atom stereocenters. The molecule has 0 saturated heterocycles. The van der Waals surface area contributed by atoms with E-state index in [1.54, 1.807) is 0 Å². The normalized spacial score (nSPS) is 21.0. The number of anilines is 1. The van der Waals surface area contributed by atoms with Crippen LogP contribution < -0.4 is 11.1 Å². The molecule has 4 N–H and O–H groups in total. The minimum Gasteiger partial charge on any atom is -0.481 e. The molecular weight excluding hydrogens is 280 g/mol. The van der Waals surface area contributed by atoms with Crippen LogP contribution in [0.3, 0.4) is 0 Å². The van der Waals surface area contributed by atoms with Gasteiger partial charge in [0.25, 0.3) is 11.6 Å². The number of hydrogen-bond acceptors (Lipinski definition) is 6. The molecule has 0 spiro atoms. The highest BCUT2D eigenvalue weighted by atomic mass is 16.6. The number of aromatic nitrogens is 1. The molecule has 1 heterocycles. The molecule has 0 radical (unpaired) electrons. The minimum absolute atomic E-state index is 0.0806. The Kier molecular flexibility index (Phi) is 4.01. The second kappa shape index (κ2) is 5.73. The number of carboxylic acids is 1. The molecule has 1 amide bonds. The first-order valence-corrected chi connectivity index (χ1v) is 6.32. The number of primary amides is 1. The van der Waals surface area contributed by atoms with E-state index in [4.69, 9.17) is 10.8 Å². The number of amides is 1. The Balaban J connectivity index is 2.18. The standard InChI is InChI=1S/C12H14N4O5/c13-10(17)9-4-8(16(20)21)5-14-11(9)15-7-2-1-6(3-7)12(18)19/h4-7H,1-3H2,(H2,13,17)(H,14,15)(H,18,19)/t6-,7+/m1/s1. The van der Waals surface area contributed by atoms with Gasteiger partial charge in [0.15, 0.2) is 0 Å². The number of carboxylic acid groups (broad SMARTS) is 1. The van der Waals surface area contributed by atoms with Crippen LogP contribution >= 0.6 is 0 Å². The quantitative estimate of drug-likeness (QED) is 0.536. The average Bonchev–Trinajstić information content (AvgIpc) is 2.87. The number of nitrogens with zero attached hydrogens (tertiary/aromatic N) is 2. The summed E-state index contributed by atoms with van der Waals surface area (Å²) in [7, 11) is 0. The van der Waals surface area contributed by atoms with Gasteiger partial charge in [-0.1, -0.05) is 0 Å². The number of carbonyl (C=O) groups is 2. The lowest BCUT2D eigenvalue weighted by Gasteiger charge is -2.14. The maximum atomic E-state index is 11.4. The summed E-state index contributed by atoms with van der Waals surface area (Å²) < 4.78 is 0. The average molecular weight is 294 g/mol. The SMILES string of the molecule is NC(=O)c1cc([N+](=O)[O-])cnc1N[C@H]1CC[C@@H](C(=O)O)C1. The first kappa shape index (κ1) is 14.7. The van der Waals surface area contributed by atoms with E-state index in [0.717, 1.165) is 12.3 Å². The minimum atomic E-state index is -0.855. The van der Waals surface area contributed by atoms with Crippen LogP contribution in [0, 0.1) is 16.0 Å². The molecule has 9 heteroatoms. The maximum absolute atomic E-state index is 11.4. The van der Waals surface area contributed by atoms with Crippen LogP contribution in [0.4, 0.5) is 11.5 Å². The number of nitrogens with one attached hydrogen (secondary N) is 1. The Bertz CT molecular complexity index is 603. The van der Waals surface area contributed by atoms with Crippen molar-refractivity contribution in [3.8, 4) is 0 Å². The molecular formula is C12H14N4O5. The summed E-state index contributed by atoms with van der Waals surface area (Å²) in [6.07, 6.45) is 2.59. The van der Waals surface area contributed by atoms with Gasteiger partial charge in [-0.05, 0) is 19.3 Å². The molecule has 0 aromatic carbocycles. The van der Waals surface area contributed by atoms with E-state index in [2.05, 4.69) is 10.3 Å². The van der Waals surface area contributed by atoms with Crippen molar-refractivity contribution < 1.29 is 19.6 Å². The van der Waals surface area contributed by atoms with Gasteiger partial charge in [-0.25, -0.2) is 4.98 Å². The zero-order chi connectivity index (χ0) is 15.6. The molecule has 1 fully saturated rings. The molecule has 1 aromatic heterocycles. The van der Waals surface area contributed by atoms with Crippen LogP contribution in [0.5, 0.6) is 0 Å². The molecule has 1 saturated carbocycles. The van der Waals surface area contributed by atoms with Gasteiger partial charge in [0.2, 0.25) is 0 Å². The first-order valence-electron chi connectivity index (χ1n) is 6.32.